The molecule has 0 bridgehead atoms. The first-order valence-corrected chi connectivity index (χ1v) is 14.2. The van der Waals surface area contributed by atoms with E-state index in [1.54, 1.807) is 61.5 Å². The first-order chi connectivity index (χ1) is 17.9. The van der Waals surface area contributed by atoms with Crippen molar-refractivity contribution in [3.8, 4) is 0 Å². The number of rotatable bonds is 10. The Morgan fingerprint density at radius 1 is 0.895 bits per heavy atom. The van der Waals surface area contributed by atoms with Crippen molar-refractivity contribution in [2.75, 3.05) is 10.8 Å². The Morgan fingerprint density at radius 3 is 2.18 bits per heavy atom. The molecule has 0 aromatic heterocycles. The van der Waals surface area contributed by atoms with Crippen LogP contribution in [0, 0.1) is 13.8 Å². The van der Waals surface area contributed by atoms with Crippen molar-refractivity contribution < 1.29 is 18.0 Å². The molecular formula is C29H34ClN3O4S. The van der Waals surface area contributed by atoms with Crippen LogP contribution in [0.1, 0.15) is 37.5 Å². The van der Waals surface area contributed by atoms with E-state index in [0.717, 1.165) is 21.0 Å². The Kier molecular flexibility index (Phi) is 9.57. The van der Waals surface area contributed by atoms with Crippen LogP contribution >= 0.6 is 11.6 Å². The number of benzene rings is 3. The summed E-state index contributed by atoms with van der Waals surface area (Å²) in [5.74, 6) is -0.854. The third-order valence-corrected chi connectivity index (χ3v) is 8.25. The molecule has 0 aliphatic rings. The summed E-state index contributed by atoms with van der Waals surface area (Å²) in [4.78, 5) is 28.3. The Morgan fingerprint density at radius 2 is 1.58 bits per heavy atom. The van der Waals surface area contributed by atoms with Gasteiger partial charge >= 0.3 is 0 Å². The van der Waals surface area contributed by atoms with Crippen LogP contribution in [0.5, 0.6) is 0 Å². The zero-order valence-corrected chi connectivity index (χ0v) is 23.9. The molecule has 0 saturated carbocycles. The Labute approximate surface area is 230 Å². The first-order valence-electron chi connectivity index (χ1n) is 12.4. The molecule has 1 atom stereocenters. The van der Waals surface area contributed by atoms with E-state index in [2.05, 4.69) is 5.32 Å². The van der Waals surface area contributed by atoms with Gasteiger partial charge in [0.2, 0.25) is 11.8 Å². The van der Waals surface area contributed by atoms with Crippen LogP contribution in [-0.4, -0.2) is 43.8 Å². The third kappa shape index (κ3) is 7.14. The summed E-state index contributed by atoms with van der Waals surface area (Å²) in [5.41, 5.74) is 2.98. The molecule has 3 aromatic rings. The highest BCUT2D eigenvalue weighted by molar-refractivity contribution is 7.92. The molecular weight excluding hydrogens is 522 g/mol. The van der Waals surface area contributed by atoms with Crippen molar-refractivity contribution >= 4 is 39.1 Å². The fraction of sp³-hybridized carbons (Fsp3) is 0.310. The molecule has 0 radical (unpaired) electrons. The zero-order valence-electron chi connectivity index (χ0n) is 22.3. The topological polar surface area (TPSA) is 86.8 Å². The van der Waals surface area contributed by atoms with Gasteiger partial charge in [-0.25, -0.2) is 8.42 Å². The van der Waals surface area contributed by atoms with E-state index in [1.165, 1.54) is 17.0 Å². The summed E-state index contributed by atoms with van der Waals surface area (Å²) in [6.07, 6.45) is 0. The lowest BCUT2D eigenvalue weighted by atomic mass is 10.1. The fourth-order valence-electron chi connectivity index (χ4n) is 3.95. The average Bonchev–Trinajstić information content (AvgIpc) is 2.87. The minimum atomic E-state index is -4.09. The molecule has 0 spiro atoms. The van der Waals surface area contributed by atoms with Gasteiger partial charge in [-0.05, 0) is 87.7 Å². The first kappa shape index (κ1) is 29.2. The lowest BCUT2D eigenvalue weighted by Crippen LogP contribution is -2.52. The molecule has 0 fully saturated rings. The Balaban J connectivity index is 2.05. The van der Waals surface area contributed by atoms with Crippen LogP contribution < -0.4 is 9.62 Å². The van der Waals surface area contributed by atoms with Gasteiger partial charge in [-0.15, -0.1) is 0 Å². The zero-order chi connectivity index (χ0) is 28.0. The van der Waals surface area contributed by atoms with Crippen LogP contribution in [0.25, 0.3) is 0 Å². The average molecular weight is 556 g/mol. The number of hydrogen-bond donors (Lipinski definition) is 1. The van der Waals surface area contributed by atoms with Gasteiger partial charge in [0.15, 0.2) is 0 Å². The van der Waals surface area contributed by atoms with Crippen LogP contribution in [0.3, 0.4) is 0 Å². The minimum Gasteiger partial charge on any atom is -0.352 e. The van der Waals surface area contributed by atoms with Crippen molar-refractivity contribution in [3.05, 3.63) is 94.5 Å². The molecule has 2 amide bonds. The summed E-state index contributed by atoms with van der Waals surface area (Å²) in [5, 5.41) is 3.34. The summed E-state index contributed by atoms with van der Waals surface area (Å²) in [6.45, 7) is 8.72. The van der Waals surface area contributed by atoms with E-state index in [0.29, 0.717) is 10.7 Å². The predicted octanol–water partition coefficient (Wildman–Crippen LogP) is 5.09. The van der Waals surface area contributed by atoms with Crippen molar-refractivity contribution in [1.29, 1.82) is 0 Å². The smallest absolute Gasteiger partial charge is 0.264 e. The lowest BCUT2D eigenvalue weighted by Gasteiger charge is -2.32. The molecule has 1 N–H and O–H groups in total. The lowest BCUT2D eigenvalue weighted by molar-refractivity contribution is -0.139. The SMILES string of the molecule is Cc1ccc(N(CC(=O)N(Cc2cccc(Cl)c2)[C@H](C)C(=O)NC(C)C)S(=O)(=O)c2ccccc2)cc1C. The maximum atomic E-state index is 13.9. The largest absolute Gasteiger partial charge is 0.352 e. The van der Waals surface area contributed by atoms with Gasteiger partial charge in [0.05, 0.1) is 10.6 Å². The predicted molar refractivity (Wildman–Crippen MR) is 152 cm³/mol. The van der Waals surface area contributed by atoms with Crippen LogP contribution in [-0.2, 0) is 26.2 Å². The van der Waals surface area contributed by atoms with Crippen molar-refractivity contribution in [2.24, 2.45) is 0 Å². The van der Waals surface area contributed by atoms with E-state index in [-0.39, 0.29) is 23.4 Å². The molecule has 0 heterocycles. The van der Waals surface area contributed by atoms with Crippen LogP contribution in [0.15, 0.2) is 77.7 Å². The Hall–Kier alpha value is -3.36. The third-order valence-electron chi connectivity index (χ3n) is 6.23. The standard InChI is InChI=1S/C29H34ClN3O4S/c1-20(2)31-29(35)23(5)32(18-24-10-9-11-25(30)17-24)28(34)19-33(26-15-14-21(3)22(4)16-26)38(36,37)27-12-7-6-8-13-27/h6-17,20,23H,18-19H2,1-5H3,(H,31,35)/t23-/m1/s1. The van der Waals surface area contributed by atoms with Crippen molar-refractivity contribution in [2.45, 2.75) is 58.1 Å². The molecule has 9 heteroatoms. The summed E-state index contributed by atoms with van der Waals surface area (Å²) < 4.78 is 28.7. The number of halogens is 1. The van der Waals surface area contributed by atoms with Crippen molar-refractivity contribution in [1.82, 2.24) is 10.2 Å². The van der Waals surface area contributed by atoms with E-state index < -0.39 is 28.5 Å². The van der Waals surface area contributed by atoms with E-state index in [9.17, 15) is 18.0 Å². The number of sulfonamides is 1. The molecule has 38 heavy (non-hydrogen) atoms. The Bertz CT molecular complexity index is 1390. The monoisotopic (exact) mass is 555 g/mol. The van der Waals surface area contributed by atoms with E-state index in [1.807, 2.05) is 33.8 Å². The molecule has 202 valence electrons. The van der Waals surface area contributed by atoms with Gasteiger partial charge in [-0.2, -0.15) is 0 Å². The molecule has 0 saturated heterocycles. The van der Waals surface area contributed by atoms with Gasteiger partial charge in [-0.1, -0.05) is 48.0 Å². The highest BCUT2D eigenvalue weighted by Crippen LogP contribution is 2.26. The summed E-state index contributed by atoms with van der Waals surface area (Å²) in [6, 6.07) is 19.3. The second-order valence-corrected chi connectivity index (χ2v) is 11.9. The van der Waals surface area contributed by atoms with Gasteiger partial charge in [0, 0.05) is 17.6 Å². The number of anilines is 1. The maximum Gasteiger partial charge on any atom is 0.264 e. The number of amides is 2. The molecule has 3 aromatic carbocycles. The molecule has 7 nitrogen and oxygen atoms in total. The molecule has 0 aliphatic carbocycles. The summed E-state index contributed by atoms with van der Waals surface area (Å²) in [7, 11) is -4.09. The summed E-state index contributed by atoms with van der Waals surface area (Å²) >= 11 is 6.17. The highest BCUT2D eigenvalue weighted by atomic mass is 35.5. The van der Waals surface area contributed by atoms with E-state index in [4.69, 9.17) is 11.6 Å². The molecule has 3 rings (SSSR count). The normalized spacial score (nSPS) is 12.2. The second kappa shape index (κ2) is 12.5. The minimum absolute atomic E-state index is 0.0676. The quantitative estimate of drug-likeness (QED) is 0.377. The number of nitrogens with zero attached hydrogens (tertiary/aromatic N) is 2. The van der Waals surface area contributed by atoms with Crippen LogP contribution in [0.4, 0.5) is 5.69 Å². The van der Waals surface area contributed by atoms with Gasteiger partial charge in [0.1, 0.15) is 12.6 Å². The number of carbonyl (C=O) groups excluding carboxylic acids is 2. The van der Waals surface area contributed by atoms with Crippen LogP contribution in [0.2, 0.25) is 5.02 Å². The molecule has 0 aliphatic heterocycles. The number of hydrogen-bond acceptors (Lipinski definition) is 4. The van der Waals surface area contributed by atoms with Crippen molar-refractivity contribution in [3.63, 3.8) is 0 Å². The van der Waals surface area contributed by atoms with E-state index >= 15 is 0 Å². The fourth-order valence-corrected chi connectivity index (χ4v) is 5.59. The number of nitrogens with one attached hydrogen (secondary N) is 1. The maximum absolute atomic E-state index is 13.9. The highest BCUT2D eigenvalue weighted by Gasteiger charge is 2.32. The number of carbonyl (C=O) groups is 2. The molecule has 0 unspecified atom stereocenters. The van der Waals surface area contributed by atoms with Gasteiger partial charge < -0.3 is 10.2 Å². The number of aryl methyl sites for hydroxylation is 2. The van der Waals surface area contributed by atoms with Gasteiger partial charge in [-0.3, -0.25) is 13.9 Å². The second-order valence-electron chi connectivity index (χ2n) is 9.58. The van der Waals surface area contributed by atoms with Gasteiger partial charge in [0.25, 0.3) is 10.0 Å².